The van der Waals surface area contributed by atoms with E-state index in [-0.39, 0.29) is 31.2 Å². The molecule has 0 bridgehead atoms. The van der Waals surface area contributed by atoms with Crippen molar-refractivity contribution in [3.8, 4) is 0 Å². The van der Waals surface area contributed by atoms with E-state index in [1.807, 2.05) is 6.92 Å². The van der Waals surface area contributed by atoms with Crippen molar-refractivity contribution in [1.82, 2.24) is 0 Å². The zero-order chi connectivity index (χ0) is 18.9. The first-order valence-corrected chi connectivity index (χ1v) is 8.39. The lowest BCUT2D eigenvalue weighted by atomic mass is 9.88. The van der Waals surface area contributed by atoms with Crippen LogP contribution in [0.5, 0.6) is 0 Å². The van der Waals surface area contributed by atoms with Gasteiger partial charge in [-0.25, -0.2) is 4.79 Å². The molecule has 8 nitrogen and oxygen atoms in total. The van der Waals surface area contributed by atoms with Crippen molar-refractivity contribution in [3.05, 3.63) is 23.7 Å². The van der Waals surface area contributed by atoms with Gasteiger partial charge in [0.15, 0.2) is 5.76 Å². The van der Waals surface area contributed by atoms with Gasteiger partial charge in [0.1, 0.15) is 12.7 Å². The summed E-state index contributed by atoms with van der Waals surface area (Å²) < 4.78 is 16.4. The standard InChI is InChI=1S/C17H28O8/c1-3-5-7-23-14-15(24-8-6-4-2)17(13(21)11-19,25-16(14)22)9-12(20)10-18/h3,5,12-13,18-21H,4,6-11H2,1-2H3/t12?,13-,17+/m0/s1. The molecule has 144 valence electrons. The van der Waals surface area contributed by atoms with Crippen LogP contribution < -0.4 is 0 Å². The third kappa shape index (κ3) is 5.18. The third-order valence-corrected chi connectivity index (χ3v) is 3.82. The molecule has 8 heteroatoms. The lowest BCUT2D eigenvalue weighted by molar-refractivity contribution is -0.171. The lowest BCUT2D eigenvalue weighted by Gasteiger charge is -2.34. The number of ether oxygens (including phenoxy) is 3. The van der Waals surface area contributed by atoms with E-state index in [2.05, 4.69) is 0 Å². The molecular formula is C17H28O8. The van der Waals surface area contributed by atoms with Crippen molar-refractivity contribution in [2.24, 2.45) is 0 Å². The van der Waals surface area contributed by atoms with Gasteiger partial charge in [-0.15, -0.1) is 0 Å². The predicted octanol–water partition coefficient (Wildman–Crippen LogP) is -0.000500. The average molecular weight is 360 g/mol. The third-order valence-electron chi connectivity index (χ3n) is 3.82. The molecule has 0 spiro atoms. The van der Waals surface area contributed by atoms with Gasteiger partial charge in [-0.2, -0.15) is 0 Å². The van der Waals surface area contributed by atoms with Gasteiger partial charge in [0.25, 0.3) is 0 Å². The summed E-state index contributed by atoms with van der Waals surface area (Å²) in [4.78, 5) is 12.3. The summed E-state index contributed by atoms with van der Waals surface area (Å²) in [6.07, 6.45) is 1.78. The molecule has 1 unspecified atom stereocenters. The quantitative estimate of drug-likeness (QED) is 0.218. The Bertz CT molecular complexity index is 487. The largest absolute Gasteiger partial charge is 0.490 e. The van der Waals surface area contributed by atoms with Crippen molar-refractivity contribution in [3.63, 3.8) is 0 Å². The van der Waals surface area contributed by atoms with Crippen LogP contribution in [0.25, 0.3) is 0 Å². The lowest BCUT2D eigenvalue weighted by Crippen LogP contribution is -2.50. The minimum absolute atomic E-state index is 0.0653. The molecule has 25 heavy (non-hydrogen) atoms. The normalized spacial score (nSPS) is 23.0. The highest BCUT2D eigenvalue weighted by Crippen LogP contribution is 2.40. The predicted molar refractivity (Wildman–Crippen MR) is 88.3 cm³/mol. The first kappa shape index (κ1) is 21.4. The molecule has 1 aliphatic rings. The number of aliphatic hydroxyl groups excluding tert-OH is 4. The van der Waals surface area contributed by atoms with Crippen LogP contribution in [-0.2, 0) is 19.0 Å². The van der Waals surface area contributed by atoms with E-state index in [0.717, 1.165) is 6.42 Å². The summed E-state index contributed by atoms with van der Waals surface area (Å²) in [6, 6.07) is 0. The monoisotopic (exact) mass is 360 g/mol. The fraction of sp³-hybridized carbons (Fsp3) is 0.706. The van der Waals surface area contributed by atoms with Gasteiger partial charge in [0.2, 0.25) is 11.4 Å². The number of aliphatic hydroxyl groups is 4. The fourth-order valence-electron chi connectivity index (χ4n) is 2.45. The van der Waals surface area contributed by atoms with Crippen LogP contribution in [-0.4, -0.2) is 70.6 Å². The van der Waals surface area contributed by atoms with E-state index in [4.69, 9.17) is 19.3 Å². The SMILES string of the molecule is CC=CCOC1=C(OCCCC)[C@@](CC(O)CO)([C@@H](O)CO)OC1=O. The van der Waals surface area contributed by atoms with Crippen molar-refractivity contribution < 1.29 is 39.4 Å². The number of unbranched alkanes of at least 4 members (excludes halogenated alkanes) is 1. The van der Waals surface area contributed by atoms with Crippen LogP contribution in [0.1, 0.15) is 33.1 Å². The molecule has 3 atom stereocenters. The second-order valence-corrected chi connectivity index (χ2v) is 5.76. The fourth-order valence-corrected chi connectivity index (χ4v) is 2.45. The van der Waals surface area contributed by atoms with Crippen molar-refractivity contribution in [1.29, 1.82) is 0 Å². The average Bonchev–Trinajstić information content (AvgIpc) is 2.87. The van der Waals surface area contributed by atoms with Gasteiger partial charge in [0.05, 0.1) is 25.9 Å². The second kappa shape index (κ2) is 10.4. The molecule has 1 rings (SSSR count). The summed E-state index contributed by atoms with van der Waals surface area (Å²) in [6.45, 7) is 2.76. The molecule has 0 saturated carbocycles. The molecule has 0 radical (unpaired) electrons. The molecule has 1 heterocycles. The highest BCUT2D eigenvalue weighted by Gasteiger charge is 2.56. The molecule has 4 N–H and O–H groups in total. The minimum Gasteiger partial charge on any atom is -0.490 e. The first-order chi connectivity index (χ1) is 12.0. The van der Waals surface area contributed by atoms with Crippen molar-refractivity contribution in [2.45, 2.75) is 50.9 Å². The Labute approximate surface area is 147 Å². The van der Waals surface area contributed by atoms with Crippen LogP contribution in [0.3, 0.4) is 0 Å². The summed E-state index contributed by atoms with van der Waals surface area (Å²) in [5.41, 5.74) is -1.81. The van der Waals surface area contributed by atoms with E-state index in [1.165, 1.54) is 0 Å². The van der Waals surface area contributed by atoms with E-state index in [0.29, 0.717) is 6.42 Å². The first-order valence-electron chi connectivity index (χ1n) is 8.39. The summed E-state index contributed by atoms with van der Waals surface area (Å²) in [5, 5.41) is 38.7. The van der Waals surface area contributed by atoms with Crippen LogP contribution in [0, 0.1) is 0 Å². The minimum atomic E-state index is -1.81. The number of rotatable bonds is 12. The van der Waals surface area contributed by atoms with Crippen molar-refractivity contribution >= 4 is 5.97 Å². The maximum Gasteiger partial charge on any atom is 0.378 e. The summed E-state index contributed by atoms with van der Waals surface area (Å²) >= 11 is 0. The molecule has 0 aliphatic carbocycles. The smallest absolute Gasteiger partial charge is 0.378 e. The Kier molecular flexibility index (Phi) is 8.91. The molecule has 0 saturated heterocycles. The number of allylic oxidation sites excluding steroid dienone is 1. The van der Waals surface area contributed by atoms with Crippen LogP contribution in [0.4, 0.5) is 0 Å². The number of hydrogen-bond acceptors (Lipinski definition) is 8. The highest BCUT2D eigenvalue weighted by atomic mass is 16.6. The number of carbonyl (C=O) groups excluding carboxylic acids is 1. The molecule has 0 aromatic carbocycles. The van der Waals surface area contributed by atoms with Crippen LogP contribution in [0.15, 0.2) is 23.7 Å². The zero-order valence-corrected chi connectivity index (χ0v) is 14.7. The van der Waals surface area contributed by atoms with Crippen LogP contribution in [0.2, 0.25) is 0 Å². The van der Waals surface area contributed by atoms with E-state index in [9.17, 15) is 20.1 Å². The maximum absolute atomic E-state index is 12.3. The molecule has 0 amide bonds. The topological polar surface area (TPSA) is 126 Å². The Balaban J connectivity index is 3.26. The van der Waals surface area contributed by atoms with Crippen LogP contribution >= 0.6 is 0 Å². The zero-order valence-electron chi connectivity index (χ0n) is 14.7. The van der Waals surface area contributed by atoms with Gasteiger partial charge in [-0.3, -0.25) is 0 Å². The Morgan fingerprint density at radius 2 is 1.96 bits per heavy atom. The molecular weight excluding hydrogens is 332 g/mol. The molecule has 0 fully saturated rings. The van der Waals surface area contributed by atoms with Crippen molar-refractivity contribution in [2.75, 3.05) is 26.4 Å². The van der Waals surface area contributed by atoms with Gasteiger partial charge in [-0.1, -0.05) is 25.5 Å². The second-order valence-electron chi connectivity index (χ2n) is 5.76. The molecule has 0 aromatic heterocycles. The summed E-state index contributed by atoms with van der Waals surface area (Å²) in [5.74, 6) is -1.12. The Morgan fingerprint density at radius 1 is 1.24 bits per heavy atom. The van der Waals surface area contributed by atoms with Gasteiger partial charge in [-0.05, 0) is 13.3 Å². The molecule has 1 aliphatic heterocycles. The van der Waals surface area contributed by atoms with E-state index < -0.39 is 37.0 Å². The maximum atomic E-state index is 12.3. The van der Waals surface area contributed by atoms with E-state index in [1.54, 1.807) is 19.1 Å². The number of esters is 1. The number of cyclic esters (lactones) is 1. The highest BCUT2D eigenvalue weighted by molar-refractivity contribution is 5.90. The molecule has 0 aromatic rings. The van der Waals surface area contributed by atoms with Gasteiger partial charge >= 0.3 is 5.97 Å². The van der Waals surface area contributed by atoms with E-state index >= 15 is 0 Å². The number of hydrogen-bond donors (Lipinski definition) is 4. The number of carbonyl (C=O) groups is 1. The Morgan fingerprint density at radius 3 is 2.52 bits per heavy atom. The summed E-state index contributed by atoms with van der Waals surface area (Å²) in [7, 11) is 0. The Hall–Kier alpha value is -1.61. The van der Waals surface area contributed by atoms with Gasteiger partial charge in [0, 0.05) is 6.42 Å². The van der Waals surface area contributed by atoms with Gasteiger partial charge < -0.3 is 34.6 Å².